The second-order valence-corrected chi connectivity index (χ2v) is 4.89. The van der Waals surface area contributed by atoms with Crippen molar-refractivity contribution in [2.45, 2.75) is 6.42 Å². The van der Waals surface area contributed by atoms with Gasteiger partial charge in [0.1, 0.15) is 5.75 Å². The van der Waals surface area contributed by atoms with Crippen LogP contribution < -0.4 is 15.8 Å². The molecule has 0 aliphatic rings. The van der Waals surface area contributed by atoms with Gasteiger partial charge in [-0.05, 0) is 30.7 Å². The van der Waals surface area contributed by atoms with Gasteiger partial charge in [0, 0.05) is 18.7 Å². The molecule has 0 atom stereocenters. The van der Waals surface area contributed by atoms with Crippen LogP contribution in [0.4, 0.5) is 0 Å². The molecule has 0 saturated heterocycles. The lowest BCUT2D eigenvalue weighted by atomic mass is 10.1. The number of amides is 1. The molecule has 0 fully saturated rings. The topological polar surface area (TPSA) is 73.6 Å². The van der Waals surface area contributed by atoms with Crippen LogP contribution in [0.3, 0.4) is 0 Å². The maximum Gasteiger partial charge on any atom is 0.258 e. The SMILES string of the molecule is COCCNC(=O)COc1c(Cl)cc(Cl)cc1CCN. The predicted molar refractivity (Wildman–Crippen MR) is 79.6 cm³/mol. The standard InChI is InChI=1S/C13H18Cl2N2O3/c1-19-5-4-17-12(18)8-20-13-9(2-3-16)6-10(14)7-11(13)15/h6-7H,2-5,8,16H2,1H3,(H,17,18). The van der Waals surface area contributed by atoms with Gasteiger partial charge in [0.2, 0.25) is 0 Å². The van der Waals surface area contributed by atoms with Crippen molar-refractivity contribution in [3.05, 3.63) is 27.7 Å². The van der Waals surface area contributed by atoms with Gasteiger partial charge in [-0.25, -0.2) is 0 Å². The number of nitrogens with one attached hydrogen (secondary N) is 1. The first-order chi connectivity index (χ1) is 9.58. The molecule has 112 valence electrons. The Morgan fingerprint density at radius 1 is 1.40 bits per heavy atom. The van der Waals surface area contributed by atoms with Crippen molar-refractivity contribution in [2.75, 3.05) is 33.4 Å². The minimum absolute atomic E-state index is 0.122. The van der Waals surface area contributed by atoms with Crippen LogP contribution in [0.25, 0.3) is 0 Å². The predicted octanol–water partition coefficient (Wildman–Crippen LogP) is 1.64. The number of hydrogen-bond acceptors (Lipinski definition) is 4. The van der Waals surface area contributed by atoms with Crippen LogP contribution in [-0.4, -0.2) is 39.3 Å². The average molecular weight is 321 g/mol. The van der Waals surface area contributed by atoms with Gasteiger partial charge in [0.25, 0.3) is 5.91 Å². The maximum atomic E-state index is 11.6. The molecular formula is C13H18Cl2N2O3. The summed E-state index contributed by atoms with van der Waals surface area (Å²) in [6.45, 7) is 1.20. The highest BCUT2D eigenvalue weighted by Gasteiger charge is 2.12. The minimum atomic E-state index is -0.244. The molecule has 0 aliphatic carbocycles. The molecule has 1 aromatic carbocycles. The van der Waals surface area contributed by atoms with Crippen molar-refractivity contribution < 1.29 is 14.3 Å². The van der Waals surface area contributed by atoms with Crippen LogP contribution in [0.15, 0.2) is 12.1 Å². The highest BCUT2D eigenvalue weighted by atomic mass is 35.5. The second-order valence-electron chi connectivity index (χ2n) is 4.05. The first-order valence-corrected chi connectivity index (χ1v) is 6.90. The lowest BCUT2D eigenvalue weighted by Gasteiger charge is -2.13. The normalized spacial score (nSPS) is 10.4. The third-order valence-electron chi connectivity index (χ3n) is 2.47. The fourth-order valence-electron chi connectivity index (χ4n) is 1.60. The largest absolute Gasteiger partial charge is 0.482 e. The summed E-state index contributed by atoms with van der Waals surface area (Å²) in [7, 11) is 1.56. The highest BCUT2D eigenvalue weighted by Crippen LogP contribution is 2.32. The molecule has 0 spiro atoms. The number of carbonyl (C=O) groups excluding carboxylic acids is 1. The third-order valence-corrected chi connectivity index (χ3v) is 2.97. The van der Waals surface area contributed by atoms with Gasteiger partial charge in [-0.2, -0.15) is 0 Å². The van der Waals surface area contributed by atoms with E-state index in [-0.39, 0.29) is 12.5 Å². The Morgan fingerprint density at radius 2 is 2.15 bits per heavy atom. The lowest BCUT2D eigenvalue weighted by Crippen LogP contribution is -2.31. The van der Waals surface area contributed by atoms with Crippen molar-refractivity contribution in [1.82, 2.24) is 5.32 Å². The molecule has 1 aromatic rings. The van der Waals surface area contributed by atoms with E-state index in [1.54, 1.807) is 19.2 Å². The van der Waals surface area contributed by atoms with E-state index < -0.39 is 0 Å². The van der Waals surface area contributed by atoms with Crippen LogP contribution in [-0.2, 0) is 16.0 Å². The van der Waals surface area contributed by atoms with Gasteiger partial charge < -0.3 is 20.5 Å². The monoisotopic (exact) mass is 320 g/mol. The van der Waals surface area contributed by atoms with Gasteiger partial charge in [-0.15, -0.1) is 0 Å². The van der Waals surface area contributed by atoms with E-state index in [1.165, 1.54) is 0 Å². The summed E-state index contributed by atoms with van der Waals surface area (Å²) in [6.07, 6.45) is 0.570. The molecule has 20 heavy (non-hydrogen) atoms. The van der Waals surface area contributed by atoms with Gasteiger partial charge in [-0.1, -0.05) is 23.2 Å². The van der Waals surface area contributed by atoms with Gasteiger partial charge in [0.15, 0.2) is 6.61 Å². The molecular weight excluding hydrogens is 303 g/mol. The van der Waals surface area contributed by atoms with Crippen molar-refractivity contribution in [3.8, 4) is 5.75 Å². The van der Waals surface area contributed by atoms with Crippen LogP contribution in [0, 0.1) is 0 Å². The van der Waals surface area contributed by atoms with Crippen LogP contribution in [0.5, 0.6) is 5.75 Å². The summed E-state index contributed by atoms with van der Waals surface area (Å²) in [6, 6.07) is 3.31. The van der Waals surface area contributed by atoms with Crippen molar-refractivity contribution in [3.63, 3.8) is 0 Å². The molecule has 1 rings (SSSR count). The third kappa shape index (κ3) is 5.54. The number of rotatable bonds is 8. The Morgan fingerprint density at radius 3 is 2.80 bits per heavy atom. The number of benzene rings is 1. The lowest BCUT2D eigenvalue weighted by molar-refractivity contribution is -0.123. The minimum Gasteiger partial charge on any atom is -0.482 e. The zero-order valence-corrected chi connectivity index (χ0v) is 12.8. The molecule has 3 N–H and O–H groups in total. The molecule has 1 amide bonds. The number of carbonyl (C=O) groups is 1. The molecule has 7 heteroatoms. The zero-order valence-electron chi connectivity index (χ0n) is 11.2. The summed E-state index contributed by atoms with van der Waals surface area (Å²) in [5, 5.41) is 3.53. The Bertz CT molecular complexity index is 455. The summed E-state index contributed by atoms with van der Waals surface area (Å²) >= 11 is 12.0. The first-order valence-electron chi connectivity index (χ1n) is 6.15. The Labute approximate surface area is 128 Å². The number of halogens is 2. The number of nitrogens with two attached hydrogens (primary N) is 1. The van der Waals surface area contributed by atoms with Gasteiger partial charge >= 0.3 is 0 Å². The molecule has 0 aromatic heterocycles. The summed E-state index contributed by atoms with van der Waals surface area (Å²) in [4.78, 5) is 11.6. The summed E-state index contributed by atoms with van der Waals surface area (Å²) in [5.74, 6) is 0.204. The zero-order chi connectivity index (χ0) is 15.0. The Hall–Kier alpha value is -1.01. The summed E-state index contributed by atoms with van der Waals surface area (Å²) in [5.41, 5.74) is 6.32. The highest BCUT2D eigenvalue weighted by molar-refractivity contribution is 6.35. The summed E-state index contributed by atoms with van der Waals surface area (Å²) < 4.78 is 10.3. The molecule has 0 radical (unpaired) electrons. The van der Waals surface area contributed by atoms with Crippen molar-refractivity contribution in [2.24, 2.45) is 5.73 Å². The molecule has 0 aliphatic heterocycles. The van der Waals surface area contributed by atoms with Crippen LogP contribution in [0.1, 0.15) is 5.56 Å². The molecule has 0 unspecified atom stereocenters. The van der Waals surface area contributed by atoms with E-state index in [2.05, 4.69) is 5.32 Å². The quantitative estimate of drug-likeness (QED) is 0.714. The molecule has 0 heterocycles. The average Bonchev–Trinajstić information content (AvgIpc) is 2.38. The fourth-order valence-corrected chi connectivity index (χ4v) is 2.19. The van der Waals surface area contributed by atoms with E-state index >= 15 is 0 Å². The smallest absolute Gasteiger partial charge is 0.258 e. The van der Waals surface area contributed by atoms with Crippen molar-refractivity contribution >= 4 is 29.1 Å². The van der Waals surface area contributed by atoms with Crippen molar-refractivity contribution in [1.29, 1.82) is 0 Å². The molecule has 0 saturated carbocycles. The number of ether oxygens (including phenoxy) is 2. The maximum absolute atomic E-state index is 11.6. The second kappa shape index (κ2) is 9.02. The van der Waals surface area contributed by atoms with E-state index in [0.29, 0.717) is 41.9 Å². The van der Waals surface area contributed by atoms with E-state index in [0.717, 1.165) is 5.56 Å². The number of methoxy groups -OCH3 is 1. The fraction of sp³-hybridized carbons (Fsp3) is 0.462. The molecule has 0 bridgehead atoms. The van der Waals surface area contributed by atoms with Gasteiger partial charge in [-0.3, -0.25) is 4.79 Å². The van der Waals surface area contributed by atoms with Crippen LogP contribution >= 0.6 is 23.2 Å². The number of hydrogen-bond donors (Lipinski definition) is 2. The Kier molecular flexibility index (Phi) is 7.69. The molecule has 5 nitrogen and oxygen atoms in total. The van der Waals surface area contributed by atoms with Crippen LogP contribution in [0.2, 0.25) is 10.0 Å². The first kappa shape index (κ1) is 17.0. The van der Waals surface area contributed by atoms with E-state index in [4.69, 9.17) is 38.4 Å². The van der Waals surface area contributed by atoms with E-state index in [9.17, 15) is 4.79 Å². The van der Waals surface area contributed by atoms with Gasteiger partial charge in [0.05, 0.1) is 11.6 Å². The van der Waals surface area contributed by atoms with E-state index in [1.807, 2.05) is 0 Å². The Balaban J connectivity index is 2.64.